The molecule has 4 heteroatoms. The normalized spacial score (nSPS) is 12.3. The van der Waals surface area contributed by atoms with Crippen LogP contribution in [-0.4, -0.2) is 17.3 Å². The zero-order chi connectivity index (χ0) is 11.4. The molecule has 0 aliphatic rings. The first-order valence-corrected chi connectivity index (χ1v) is 5.80. The van der Waals surface area contributed by atoms with Gasteiger partial charge in [-0.2, -0.15) is 0 Å². The summed E-state index contributed by atoms with van der Waals surface area (Å²) in [6.45, 7) is 3.49. The van der Waals surface area contributed by atoms with Crippen molar-refractivity contribution in [2.45, 2.75) is 19.9 Å². The van der Waals surface area contributed by atoms with Crippen LogP contribution in [0.2, 0.25) is 0 Å². The fourth-order valence-electron chi connectivity index (χ4n) is 1.16. The van der Waals surface area contributed by atoms with Crippen LogP contribution >= 0.6 is 15.9 Å². The molecule has 1 amide bonds. The van der Waals surface area contributed by atoms with E-state index in [1.165, 1.54) is 6.07 Å². The summed E-state index contributed by atoms with van der Waals surface area (Å²) < 4.78 is 13.5. The van der Waals surface area contributed by atoms with Crippen LogP contribution in [0.4, 0.5) is 4.39 Å². The van der Waals surface area contributed by atoms with Gasteiger partial charge in [0.1, 0.15) is 5.82 Å². The predicted octanol–water partition coefficient (Wildman–Crippen LogP) is 2.65. The Labute approximate surface area is 97.0 Å². The molecule has 0 saturated heterocycles. The third-order valence-corrected chi connectivity index (χ3v) is 3.02. The molecular weight excluding hydrogens is 261 g/mol. The number of halogens is 2. The zero-order valence-electron chi connectivity index (χ0n) is 8.68. The van der Waals surface area contributed by atoms with E-state index in [4.69, 9.17) is 0 Å². The molecule has 15 heavy (non-hydrogen) atoms. The van der Waals surface area contributed by atoms with Crippen LogP contribution in [0.3, 0.4) is 0 Å². The monoisotopic (exact) mass is 273 g/mol. The van der Waals surface area contributed by atoms with Crippen molar-refractivity contribution in [1.82, 2.24) is 5.32 Å². The molecule has 0 bridgehead atoms. The van der Waals surface area contributed by atoms with E-state index in [9.17, 15) is 9.18 Å². The fourth-order valence-corrected chi connectivity index (χ4v) is 1.32. The van der Waals surface area contributed by atoms with Crippen molar-refractivity contribution in [3.63, 3.8) is 0 Å². The van der Waals surface area contributed by atoms with Gasteiger partial charge in [0.25, 0.3) is 5.91 Å². The zero-order valence-corrected chi connectivity index (χ0v) is 10.3. The highest BCUT2D eigenvalue weighted by Crippen LogP contribution is 2.11. The average Bonchev–Trinajstić information content (AvgIpc) is 2.21. The molecule has 0 spiro atoms. The van der Waals surface area contributed by atoms with Crippen LogP contribution in [0, 0.1) is 12.7 Å². The van der Waals surface area contributed by atoms with E-state index in [0.717, 1.165) is 0 Å². The summed E-state index contributed by atoms with van der Waals surface area (Å²) in [5.74, 6) is -0.820. The Balaban J connectivity index is 2.87. The molecule has 1 N–H and O–H groups in total. The summed E-state index contributed by atoms with van der Waals surface area (Å²) >= 11 is 3.24. The van der Waals surface area contributed by atoms with Crippen molar-refractivity contribution in [1.29, 1.82) is 0 Å². The minimum Gasteiger partial charge on any atom is -0.349 e. The summed E-state index contributed by atoms with van der Waals surface area (Å²) in [7, 11) is 0. The van der Waals surface area contributed by atoms with E-state index in [2.05, 4.69) is 21.2 Å². The van der Waals surface area contributed by atoms with Crippen LogP contribution in [0.1, 0.15) is 22.8 Å². The topological polar surface area (TPSA) is 29.1 Å². The second-order valence-electron chi connectivity index (χ2n) is 3.47. The predicted molar refractivity (Wildman–Crippen MR) is 61.9 cm³/mol. The molecule has 1 unspecified atom stereocenters. The standard InChI is InChI=1S/C11H13BrFNO/c1-7-4-3-5-9(10(7)13)11(15)14-8(2)6-12/h3-5,8H,6H2,1-2H3,(H,14,15). The van der Waals surface area contributed by atoms with Gasteiger partial charge in [-0.25, -0.2) is 4.39 Å². The van der Waals surface area contributed by atoms with Crippen LogP contribution in [0.25, 0.3) is 0 Å². The maximum Gasteiger partial charge on any atom is 0.254 e. The highest BCUT2D eigenvalue weighted by atomic mass is 79.9. The average molecular weight is 274 g/mol. The van der Waals surface area contributed by atoms with Crippen molar-refractivity contribution in [2.24, 2.45) is 0 Å². The lowest BCUT2D eigenvalue weighted by Gasteiger charge is -2.11. The molecule has 0 saturated carbocycles. The second-order valence-corrected chi connectivity index (χ2v) is 4.11. The minimum absolute atomic E-state index is 0.0163. The molecule has 1 aromatic carbocycles. The van der Waals surface area contributed by atoms with Crippen molar-refractivity contribution in [3.8, 4) is 0 Å². The molecule has 0 fully saturated rings. The van der Waals surface area contributed by atoms with E-state index in [-0.39, 0.29) is 17.5 Å². The number of nitrogens with one attached hydrogen (secondary N) is 1. The smallest absolute Gasteiger partial charge is 0.254 e. The Morgan fingerprint density at radius 2 is 2.27 bits per heavy atom. The number of carbonyl (C=O) groups is 1. The molecule has 0 heterocycles. The second kappa shape index (κ2) is 5.26. The number of aryl methyl sites for hydroxylation is 1. The number of carbonyl (C=O) groups excluding carboxylic acids is 1. The molecule has 1 atom stereocenters. The summed E-state index contributed by atoms with van der Waals surface area (Å²) in [6.07, 6.45) is 0. The van der Waals surface area contributed by atoms with Crippen molar-refractivity contribution in [3.05, 3.63) is 35.1 Å². The Bertz CT molecular complexity index is 368. The van der Waals surface area contributed by atoms with Crippen LogP contribution in [-0.2, 0) is 0 Å². The minimum atomic E-state index is -0.447. The SMILES string of the molecule is Cc1cccc(C(=O)NC(C)CBr)c1F. The van der Waals surface area contributed by atoms with Crippen molar-refractivity contribution < 1.29 is 9.18 Å². The molecular formula is C11H13BrFNO. The molecule has 82 valence electrons. The first kappa shape index (κ1) is 12.2. The maximum absolute atomic E-state index is 13.5. The van der Waals surface area contributed by atoms with Gasteiger partial charge in [-0.15, -0.1) is 0 Å². The number of hydrogen-bond donors (Lipinski definition) is 1. The van der Waals surface area contributed by atoms with Gasteiger partial charge in [-0.05, 0) is 25.5 Å². The first-order chi connectivity index (χ1) is 7.06. The van der Waals surface area contributed by atoms with E-state index < -0.39 is 5.82 Å². The Morgan fingerprint density at radius 1 is 1.60 bits per heavy atom. The molecule has 1 rings (SSSR count). The van der Waals surface area contributed by atoms with Crippen LogP contribution in [0.5, 0.6) is 0 Å². The summed E-state index contributed by atoms with van der Waals surface area (Å²) in [4.78, 5) is 11.6. The van der Waals surface area contributed by atoms with Gasteiger partial charge >= 0.3 is 0 Å². The number of alkyl halides is 1. The van der Waals surface area contributed by atoms with Crippen molar-refractivity contribution in [2.75, 3.05) is 5.33 Å². The number of hydrogen-bond acceptors (Lipinski definition) is 1. The van der Waals surface area contributed by atoms with Crippen LogP contribution in [0.15, 0.2) is 18.2 Å². The Hall–Kier alpha value is -0.900. The van der Waals surface area contributed by atoms with Crippen molar-refractivity contribution >= 4 is 21.8 Å². The van der Waals surface area contributed by atoms with E-state index in [0.29, 0.717) is 10.9 Å². The Kier molecular flexibility index (Phi) is 4.27. The maximum atomic E-state index is 13.5. The summed E-state index contributed by atoms with van der Waals surface area (Å²) in [5.41, 5.74) is 0.581. The number of benzene rings is 1. The highest BCUT2D eigenvalue weighted by molar-refractivity contribution is 9.09. The fraction of sp³-hybridized carbons (Fsp3) is 0.364. The molecule has 2 nitrogen and oxygen atoms in total. The lowest BCUT2D eigenvalue weighted by molar-refractivity contribution is 0.0939. The van der Waals surface area contributed by atoms with Gasteiger partial charge in [0.2, 0.25) is 0 Å². The lowest BCUT2D eigenvalue weighted by Crippen LogP contribution is -2.34. The third kappa shape index (κ3) is 3.02. The highest BCUT2D eigenvalue weighted by Gasteiger charge is 2.14. The molecule has 0 aromatic heterocycles. The molecule has 0 aliphatic carbocycles. The first-order valence-electron chi connectivity index (χ1n) is 4.68. The van der Waals surface area contributed by atoms with Gasteiger partial charge in [0.05, 0.1) is 5.56 Å². The number of amides is 1. The summed E-state index contributed by atoms with van der Waals surface area (Å²) in [6, 6.07) is 4.78. The quantitative estimate of drug-likeness (QED) is 0.843. The van der Waals surface area contributed by atoms with Crippen LogP contribution < -0.4 is 5.32 Å². The summed E-state index contributed by atoms with van der Waals surface area (Å²) in [5, 5.41) is 3.33. The van der Waals surface area contributed by atoms with E-state index >= 15 is 0 Å². The van der Waals surface area contributed by atoms with E-state index in [1.54, 1.807) is 19.1 Å². The molecule has 0 aliphatic heterocycles. The molecule has 0 radical (unpaired) electrons. The Morgan fingerprint density at radius 3 is 2.87 bits per heavy atom. The van der Waals surface area contributed by atoms with Gasteiger partial charge in [-0.3, -0.25) is 4.79 Å². The lowest BCUT2D eigenvalue weighted by atomic mass is 10.1. The number of rotatable bonds is 3. The van der Waals surface area contributed by atoms with Gasteiger partial charge < -0.3 is 5.32 Å². The van der Waals surface area contributed by atoms with Gasteiger partial charge in [-0.1, -0.05) is 28.1 Å². The van der Waals surface area contributed by atoms with E-state index in [1.807, 2.05) is 6.92 Å². The largest absolute Gasteiger partial charge is 0.349 e. The van der Waals surface area contributed by atoms with Gasteiger partial charge in [0, 0.05) is 11.4 Å². The molecule has 1 aromatic rings. The third-order valence-electron chi connectivity index (χ3n) is 2.05. The van der Waals surface area contributed by atoms with Gasteiger partial charge in [0.15, 0.2) is 0 Å².